The molecule has 0 aliphatic carbocycles. The number of thioether (sulfide) groups is 1. The first-order chi connectivity index (χ1) is 15.8. The van der Waals surface area contributed by atoms with Crippen LogP contribution in [-0.4, -0.2) is 43.9 Å². The van der Waals surface area contributed by atoms with E-state index in [-0.39, 0.29) is 35.2 Å². The Bertz CT molecular complexity index is 1100. The molecule has 0 spiro atoms. The Morgan fingerprint density at radius 3 is 2.67 bits per heavy atom. The molecule has 10 heteroatoms. The summed E-state index contributed by atoms with van der Waals surface area (Å²) in [6.45, 7) is 3.50. The summed E-state index contributed by atoms with van der Waals surface area (Å²) in [5.41, 5.74) is 1.74. The fourth-order valence-electron chi connectivity index (χ4n) is 4.16. The lowest BCUT2D eigenvalue weighted by Crippen LogP contribution is -2.61. The summed E-state index contributed by atoms with van der Waals surface area (Å²) in [5.74, 6) is -1.47. The van der Waals surface area contributed by atoms with Crippen LogP contribution in [0, 0.1) is 16.0 Å². The zero-order valence-electron chi connectivity index (χ0n) is 18.1. The second-order valence-electron chi connectivity index (χ2n) is 8.06. The molecule has 1 fully saturated rings. The van der Waals surface area contributed by atoms with Crippen LogP contribution < -0.4 is 0 Å². The van der Waals surface area contributed by atoms with Crippen molar-refractivity contribution in [2.75, 3.05) is 0 Å². The number of carbonyl (C=O) groups excluding carboxylic acids is 2. The topological polar surface area (TPSA) is 123 Å². The molecule has 0 bridgehead atoms. The summed E-state index contributed by atoms with van der Waals surface area (Å²) in [4.78, 5) is 42.4. The number of nitrogens with zero attached hydrogens (tertiary/aromatic N) is 3. The van der Waals surface area contributed by atoms with Crippen molar-refractivity contribution >= 4 is 29.3 Å². The Kier molecular flexibility index (Phi) is 6.48. The molecule has 9 nitrogen and oxygen atoms in total. The number of β-lactam (4-membered cyclic amide) rings is 1. The van der Waals surface area contributed by atoms with E-state index in [1.807, 2.05) is 19.1 Å². The Labute approximate surface area is 194 Å². The number of hydrogen-bond acceptors (Lipinski definition) is 8. The van der Waals surface area contributed by atoms with E-state index in [0.717, 1.165) is 10.5 Å². The van der Waals surface area contributed by atoms with E-state index < -0.39 is 22.9 Å². The highest BCUT2D eigenvalue weighted by Crippen LogP contribution is 2.50. The van der Waals surface area contributed by atoms with Crippen molar-refractivity contribution in [3.05, 3.63) is 80.6 Å². The maximum absolute atomic E-state index is 13.1. The molecule has 2 aromatic rings. The summed E-state index contributed by atoms with van der Waals surface area (Å²) in [6, 6.07) is 9.25. The first-order valence-electron chi connectivity index (χ1n) is 10.5. The van der Waals surface area contributed by atoms with Gasteiger partial charge in [-0.25, -0.2) is 4.79 Å². The van der Waals surface area contributed by atoms with Crippen LogP contribution in [0.4, 0.5) is 5.69 Å². The number of amides is 1. The minimum absolute atomic E-state index is 0.00928. The van der Waals surface area contributed by atoms with Gasteiger partial charge in [0.2, 0.25) is 5.91 Å². The lowest BCUT2D eigenvalue weighted by Gasteiger charge is -2.44. The molecule has 1 amide bonds. The lowest BCUT2D eigenvalue weighted by molar-refractivity contribution is -0.384. The number of rotatable bonds is 8. The van der Waals surface area contributed by atoms with Crippen molar-refractivity contribution in [2.24, 2.45) is 5.92 Å². The van der Waals surface area contributed by atoms with Gasteiger partial charge in [-0.1, -0.05) is 6.07 Å². The van der Waals surface area contributed by atoms with Crippen LogP contribution in [0.1, 0.15) is 36.6 Å². The smallest absolute Gasteiger partial charge is 0.356 e. The first-order valence-corrected chi connectivity index (χ1v) is 11.4. The molecule has 1 aromatic carbocycles. The molecule has 1 aromatic heterocycles. The third kappa shape index (κ3) is 4.49. The molecule has 2 aliphatic heterocycles. The van der Waals surface area contributed by atoms with Crippen molar-refractivity contribution in [3.63, 3.8) is 0 Å². The van der Waals surface area contributed by atoms with Gasteiger partial charge in [0.05, 0.1) is 23.0 Å². The fourth-order valence-corrected chi connectivity index (χ4v) is 5.42. The molecule has 2 aliphatic rings. The van der Waals surface area contributed by atoms with Gasteiger partial charge in [-0.3, -0.25) is 19.9 Å². The molecule has 172 valence electrons. The predicted molar refractivity (Wildman–Crippen MR) is 121 cm³/mol. The summed E-state index contributed by atoms with van der Waals surface area (Å²) < 4.78 is 5.48. The fraction of sp³-hybridized carbons (Fsp3) is 0.348. The Morgan fingerprint density at radius 1 is 1.33 bits per heavy atom. The molecule has 3 heterocycles. The molecule has 0 saturated carbocycles. The van der Waals surface area contributed by atoms with Gasteiger partial charge in [0.15, 0.2) is 0 Å². The molecule has 1 N–H and O–H groups in total. The van der Waals surface area contributed by atoms with Crippen molar-refractivity contribution in [2.45, 2.75) is 44.3 Å². The number of nitro groups is 1. The number of non-ortho nitro benzene ring substituents is 1. The molecule has 0 radical (unpaired) electrons. The minimum Gasteiger partial charge on any atom is -0.456 e. The molecule has 4 rings (SSSR count). The van der Waals surface area contributed by atoms with Gasteiger partial charge >= 0.3 is 5.97 Å². The number of benzene rings is 1. The van der Waals surface area contributed by atoms with E-state index in [9.17, 15) is 24.8 Å². The Morgan fingerprint density at radius 2 is 2.06 bits per heavy atom. The van der Waals surface area contributed by atoms with E-state index >= 15 is 0 Å². The number of aromatic nitrogens is 1. The molecular weight excluding hydrogens is 446 g/mol. The molecule has 4 atom stereocenters. The van der Waals surface area contributed by atoms with Crippen LogP contribution in [0.15, 0.2) is 59.4 Å². The van der Waals surface area contributed by atoms with Crippen LogP contribution >= 0.6 is 11.8 Å². The summed E-state index contributed by atoms with van der Waals surface area (Å²) in [7, 11) is 0. The molecule has 33 heavy (non-hydrogen) atoms. The first kappa shape index (κ1) is 22.9. The number of ether oxygens (including phenoxy) is 1. The summed E-state index contributed by atoms with van der Waals surface area (Å²) >= 11 is 1.48. The quantitative estimate of drug-likeness (QED) is 0.270. The van der Waals surface area contributed by atoms with Crippen LogP contribution in [0.25, 0.3) is 0 Å². The van der Waals surface area contributed by atoms with Crippen molar-refractivity contribution in [3.8, 4) is 0 Å². The maximum Gasteiger partial charge on any atom is 0.356 e. The van der Waals surface area contributed by atoms with E-state index in [1.54, 1.807) is 19.3 Å². The standard InChI is InChI=1S/C23H23N3O6S/c1-13(27)20-18-10-19(33-14(2)16-4-3-9-24-11-16)21(25(18)22(20)28)23(29)32-12-15-5-7-17(8-6-15)26(30)31/h3-9,11,13-14,18,20,27H,10,12H2,1-2H3/t13-,14-,18+,20+/m1/s1. The zero-order chi connectivity index (χ0) is 23.7. The molecular formula is C23H23N3O6S. The van der Waals surface area contributed by atoms with Crippen molar-refractivity contribution in [1.29, 1.82) is 0 Å². The minimum atomic E-state index is -0.809. The van der Waals surface area contributed by atoms with Crippen molar-refractivity contribution < 1.29 is 24.4 Å². The number of esters is 1. The summed E-state index contributed by atoms with van der Waals surface area (Å²) in [5, 5.41) is 20.8. The number of aliphatic hydroxyl groups excluding tert-OH is 1. The van der Waals surface area contributed by atoms with Gasteiger partial charge in [-0.2, -0.15) is 0 Å². The van der Waals surface area contributed by atoms with Crippen molar-refractivity contribution in [1.82, 2.24) is 9.88 Å². The molecule has 0 unspecified atom stereocenters. The average Bonchev–Trinajstić information content (AvgIpc) is 3.11. The van der Waals surface area contributed by atoms with Gasteiger partial charge in [0, 0.05) is 41.1 Å². The number of nitro benzene ring substituents is 1. The normalized spacial score (nSPS) is 21.3. The number of fused-ring (bicyclic) bond motifs is 1. The van der Waals surface area contributed by atoms with Gasteiger partial charge < -0.3 is 14.7 Å². The second-order valence-corrected chi connectivity index (χ2v) is 9.50. The number of aliphatic hydroxyl groups is 1. The lowest BCUT2D eigenvalue weighted by atomic mass is 9.83. The van der Waals surface area contributed by atoms with Crippen LogP contribution in [0.3, 0.4) is 0 Å². The van der Waals surface area contributed by atoms with E-state index in [2.05, 4.69) is 4.98 Å². The van der Waals surface area contributed by atoms with E-state index in [0.29, 0.717) is 12.0 Å². The largest absolute Gasteiger partial charge is 0.456 e. The van der Waals surface area contributed by atoms with Gasteiger partial charge in [0.1, 0.15) is 12.3 Å². The second kappa shape index (κ2) is 9.32. The number of carbonyl (C=O) groups is 2. The van der Waals surface area contributed by atoms with Gasteiger partial charge in [-0.15, -0.1) is 11.8 Å². The van der Waals surface area contributed by atoms with E-state index in [4.69, 9.17) is 4.74 Å². The van der Waals surface area contributed by atoms with Gasteiger partial charge in [-0.05, 0) is 43.2 Å². The predicted octanol–water partition coefficient (Wildman–Crippen LogP) is 3.35. The van der Waals surface area contributed by atoms with Crippen LogP contribution in [-0.2, 0) is 20.9 Å². The SMILES string of the molecule is C[C@@H](SC1=C(C(=O)OCc2ccc([N+](=O)[O-])cc2)N2C(=O)[C@@H]([C@@H](C)O)[C@@H]2C1)c1cccnc1. The van der Waals surface area contributed by atoms with Crippen LogP contribution in [0.5, 0.6) is 0 Å². The zero-order valence-corrected chi connectivity index (χ0v) is 18.9. The summed E-state index contributed by atoms with van der Waals surface area (Å²) in [6.07, 6.45) is 3.11. The monoisotopic (exact) mass is 469 g/mol. The Balaban J connectivity index is 1.53. The van der Waals surface area contributed by atoms with Crippen LogP contribution in [0.2, 0.25) is 0 Å². The third-order valence-corrected chi connectivity index (χ3v) is 7.14. The highest BCUT2D eigenvalue weighted by molar-refractivity contribution is 8.03. The number of hydrogen-bond donors (Lipinski definition) is 1. The molecule has 1 saturated heterocycles. The number of pyridine rings is 1. The third-order valence-electron chi connectivity index (χ3n) is 5.87. The highest BCUT2D eigenvalue weighted by atomic mass is 32.2. The van der Waals surface area contributed by atoms with E-state index in [1.165, 1.54) is 40.9 Å². The average molecular weight is 470 g/mol. The highest BCUT2D eigenvalue weighted by Gasteiger charge is 2.57. The maximum atomic E-state index is 13.1. The van der Waals surface area contributed by atoms with Gasteiger partial charge in [0.25, 0.3) is 5.69 Å². The Hall–Kier alpha value is -3.24.